The smallest absolute Gasteiger partial charge is 0.253 e. The van der Waals surface area contributed by atoms with Crippen LogP contribution in [0.15, 0.2) is 54.7 Å². The number of aromatic nitrogens is 2. The van der Waals surface area contributed by atoms with Crippen LogP contribution in [-0.2, 0) is 0 Å². The average Bonchev–Trinajstić information content (AvgIpc) is 2.63. The van der Waals surface area contributed by atoms with Gasteiger partial charge in [-0.1, -0.05) is 6.07 Å². The lowest BCUT2D eigenvalue weighted by molar-refractivity contribution is 0.0652. The number of nitrogens with zero attached hydrogens (tertiary/aromatic N) is 3. The zero-order chi connectivity index (χ0) is 19.5. The van der Waals surface area contributed by atoms with Gasteiger partial charge in [0, 0.05) is 42.3 Å². The number of ether oxygens (including phenoxy) is 1. The second kappa shape index (κ2) is 7.68. The maximum atomic E-state index is 12.4. The lowest BCUT2D eigenvalue weighted by atomic mass is 10.1. The van der Waals surface area contributed by atoms with Crippen LogP contribution in [0.2, 0.25) is 0 Å². The molecule has 1 saturated heterocycles. The molecule has 0 atom stereocenters. The summed E-state index contributed by atoms with van der Waals surface area (Å²) >= 11 is 0. The maximum Gasteiger partial charge on any atom is 0.253 e. The van der Waals surface area contributed by atoms with Crippen molar-refractivity contribution in [3.05, 3.63) is 71.7 Å². The molecule has 1 fully saturated rings. The summed E-state index contributed by atoms with van der Waals surface area (Å²) in [6, 6.07) is 14.9. The molecular weight excluding hydrogens is 352 g/mol. The summed E-state index contributed by atoms with van der Waals surface area (Å²) in [7, 11) is 0. The van der Waals surface area contributed by atoms with Gasteiger partial charge in [-0.25, -0.2) is 4.98 Å². The fourth-order valence-electron chi connectivity index (χ4n) is 3.03. The van der Waals surface area contributed by atoms with E-state index in [0.29, 0.717) is 22.9 Å². The standard InChI is InChI=1S/C22H22N4O2/c1-15-7-8-20(16(2)24-15)28-19-9-10-23-21(14-19)25-18-6-3-5-17(13-18)22(27)26-11-4-12-26/h3,5-10,13-14H,4,11-12H2,1-2H3,(H,23,25). The quantitative estimate of drug-likeness (QED) is 0.713. The largest absolute Gasteiger partial charge is 0.455 e. The molecule has 1 aromatic carbocycles. The minimum atomic E-state index is 0.0716. The van der Waals surface area contributed by atoms with E-state index in [4.69, 9.17) is 4.74 Å². The third-order valence-corrected chi connectivity index (χ3v) is 4.66. The molecule has 0 saturated carbocycles. The van der Waals surface area contributed by atoms with E-state index in [-0.39, 0.29) is 5.91 Å². The van der Waals surface area contributed by atoms with Gasteiger partial charge in [0.15, 0.2) is 0 Å². The lowest BCUT2D eigenvalue weighted by Crippen LogP contribution is -2.41. The van der Waals surface area contributed by atoms with Crippen LogP contribution in [0.3, 0.4) is 0 Å². The Labute approximate surface area is 164 Å². The molecule has 3 aromatic rings. The van der Waals surface area contributed by atoms with Crippen LogP contribution in [0.5, 0.6) is 11.5 Å². The summed E-state index contributed by atoms with van der Waals surface area (Å²) in [5.74, 6) is 2.09. The van der Waals surface area contributed by atoms with Gasteiger partial charge in [0.1, 0.15) is 17.3 Å². The monoisotopic (exact) mass is 374 g/mol. The number of benzene rings is 1. The third-order valence-electron chi connectivity index (χ3n) is 4.66. The van der Waals surface area contributed by atoms with E-state index < -0.39 is 0 Å². The van der Waals surface area contributed by atoms with Crippen molar-refractivity contribution in [2.24, 2.45) is 0 Å². The molecule has 6 heteroatoms. The average molecular weight is 374 g/mol. The summed E-state index contributed by atoms with van der Waals surface area (Å²) in [5, 5.41) is 3.25. The van der Waals surface area contributed by atoms with Crippen molar-refractivity contribution < 1.29 is 9.53 Å². The van der Waals surface area contributed by atoms with Crippen LogP contribution in [0.1, 0.15) is 28.2 Å². The number of rotatable bonds is 5. The van der Waals surface area contributed by atoms with E-state index >= 15 is 0 Å². The number of hydrogen-bond donors (Lipinski definition) is 1. The molecule has 3 heterocycles. The number of nitrogens with one attached hydrogen (secondary N) is 1. The van der Waals surface area contributed by atoms with Crippen molar-refractivity contribution in [2.75, 3.05) is 18.4 Å². The van der Waals surface area contributed by atoms with Crippen molar-refractivity contribution in [2.45, 2.75) is 20.3 Å². The van der Waals surface area contributed by atoms with Gasteiger partial charge in [-0.3, -0.25) is 9.78 Å². The van der Waals surface area contributed by atoms with Crippen molar-refractivity contribution >= 4 is 17.4 Å². The summed E-state index contributed by atoms with van der Waals surface area (Å²) in [6.07, 6.45) is 2.76. The predicted octanol–water partition coefficient (Wildman–Crippen LogP) is 4.48. The van der Waals surface area contributed by atoms with Crippen molar-refractivity contribution in [1.29, 1.82) is 0 Å². The number of anilines is 2. The molecule has 28 heavy (non-hydrogen) atoms. The Balaban J connectivity index is 1.49. The van der Waals surface area contributed by atoms with E-state index in [1.54, 1.807) is 12.3 Å². The Hall–Kier alpha value is -3.41. The van der Waals surface area contributed by atoms with Gasteiger partial charge in [0.25, 0.3) is 5.91 Å². The first-order chi connectivity index (χ1) is 13.6. The van der Waals surface area contributed by atoms with E-state index in [1.807, 2.05) is 61.2 Å². The van der Waals surface area contributed by atoms with Crippen LogP contribution >= 0.6 is 0 Å². The molecule has 142 valence electrons. The van der Waals surface area contributed by atoms with Gasteiger partial charge in [-0.15, -0.1) is 0 Å². The van der Waals surface area contributed by atoms with Crippen molar-refractivity contribution in [3.8, 4) is 11.5 Å². The maximum absolute atomic E-state index is 12.4. The van der Waals surface area contributed by atoms with Crippen molar-refractivity contribution in [1.82, 2.24) is 14.9 Å². The normalized spacial score (nSPS) is 13.0. The van der Waals surface area contributed by atoms with E-state index in [9.17, 15) is 4.79 Å². The van der Waals surface area contributed by atoms with Crippen LogP contribution in [0.25, 0.3) is 0 Å². The van der Waals surface area contributed by atoms with E-state index in [2.05, 4.69) is 15.3 Å². The van der Waals surface area contributed by atoms with Crippen molar-refractivity contribution in [3.63, 3.8) is 0 Å². The van der Waals surface area contributed by atoms with Gasteiger partial charge >= 0.3 is 0 Å². The number of likely N-dealkylation sites (tertiary alicyclic amines) is 1. The zero-order valence-electron chi connectivity index (χ0n) is 16.0. The molecule has 0 radical (unpaired) electrons. The van der Waals surface area contributed by atoms with Gasteiger partial charge < -0.3 is 15.0 Å². The summed E-state index contributed by atoms with van der Waals surface area (Å²) < 4.78 is 5.95. The number of carbonyl (C=O) groups excluding carboxylic acids is 1. The summed E-state index contributed by atoms with van der Waals surface area (Å²) in [4.78, 5) is 23.0. The van der Waals surface area contributed by atoms with Crippen LogP contribution in [-0.4, -0.2) is 33.9 Å². The highest BCUT2D eigenvalue weighted by Crippen LogP contribution is 2.26. The third kappa shape index (κ3) is 3.96. The molecule has 0 bridgehead atoms. The molecule has 1 N–H and O–H groups in total. The Morgan fingerprint density at radius 2 is 1.96 bits per heavy atom. The molecule has 1 aliphatic heterocycles. The molecule has 0 spiro atoms. The van der Waals surface area contributed by atoms with E-state index in [0.717, 1.165) is 36.6 Å². The molecule has 0 aliphatic carbocycles. The minimum absolute atomic E-state index is 0.0716. The first-order valence-corrected chi connectivity index (χ1v) is 9.33. The van der Waals surface area contributed by atoms with Crippen LogP contribution < -0.4 is 10.1 Å². The highest BCUT2D eigenvalue weighted by molar-refractivity contribution is 5.95. The Bertz CT molecular complexity index is 1010. The number of hydrogen-bond acceptors (Lipinski definition) is 5. The molecule has 2 aromatic heterocycles. The Kier molecular flexibility index (Phi) is 4.93. The first kappa shape index (κ1) is 18.0. The van der Waals surface area contributed by atoms with Gasteiger partial charge in [-0.2, -0.15) is 0 Å². The Morgan fingerprint density at radius 1 is 1.11 bits per heavy atom. The predicted molar refractivity (Wildman–Crippen MR) is 108 cm³/mol. The highest BCUT2D eigenvalue weighted by Gasteiger charge is 2.21. The molecular formula is C22H22N4O2. The first-order valence-electron chi connectivity index (χ1n) is 9.33. The minimum Gasteiger partial charge on any atom is -0.455 e. The number of pyridine rings is 2. The molecule has 0 unspecified atom stereocenters. The van der Waals surface area contributed by atoms with E-state index in [1.165, 1.54) is 0 Å². The summed E-state index contributed by atoms with van der Waals surface area (Å²) in [6.45, 7) is 5.55. The van der Waals surface area contributed by atoms with Crippen LogP contribution in [0.4, 0.5) is 11.5 Å². The molecule has 1 amide bonds. The molecule has 6 nitrogen and oxygen atoms in total. The zero-order valence-corrected chi connectivity index (χ0v) is 16.0. The van der Waals surface area contributed by atoms with Crippen LogP contribution in [0, 0.1) is 13.8 Å². The molecule has 4 rings (SSSR count). The topological polar surface area (TPSA) is 67.3 Å². The number of aryl methyl sites for hydroxylation is 2. The fraction of sp³-hybridized carbons (Fsp3) is 0.227. The SMILES string of the molecule is Cc1ccc(Oc2ccnc(Nc3cccc(C(=O)N4CCC4)c3)c2)c(C)n1. The van der Waals surface area contributed by atoms with Gasteiger partial charge in [-0.05, 0) is 56.7 Å². The second-order valence-electron chi connectivity index (χ2n) is 6.87. The number of amides is 1. The lowest BCUT2D eigenvalue weighted by Gasteiger charge is -2.31. The second-order valence-corrected chi connectivity index (χ2v) is 6.87. The van der Waals surface area contributed by atoms with Gasteiger partial charge in [0.2, 0.25) is 0 Å². The Morgan fingerprint density at radius 3 is 2.71 bits per heavy atom. The highest BCUT2D eigenvalue weighted by atomic mass is 16.5. The summed E-state index contributed by atoms with van der Waals surface area (Å²) in [5.41, 5.74) is 3.28. The van der Waals surface area contributed by atoms with Gasteiger partial charge in [0.05, 0.1) is 5.69 Å². The number of carbonyl (C=O) groups is 1. The molecule has 1 aliphatic rings. The fourth-order valence-corrected chi connectivity index (χ4v) is 3.03.